The van der Waals surface area contributed by atoms with E-state index >= 15 is 0 Å². The summed E-state index contributed by atoms with van der Waals surface area (Å²) in [5.41, 5.74) is 3.66. The van der Waals surface area contributed by atoms with Crippen LogP contribution in [0.15, 0.2) is 54.6 Å². The van der Waals surface area contributed by atoms with Gasteiger partial charge in [-0.1, -0.05) is 12.1 Å². The van der Waals surface area contributed by atoms with Gasteiger partial charge < -0.3 is 15.2 Å². The molecule has 0 atom stereocenters. The average molecular weight is 337 g/mol. The van der Waals surface area contributed by atoms with Crippen molar-refractivity contribution in [2.75, 3.05) is 19.0 Å². The molecule has 1 amide bonds. The lowest BCUT2D eigenvalue weighted by atomic mass is 10.1. The third kappa shape index (κ3) is 4.05. The molecule has 0 fully saturated rings. The van der Waals surface area contributed by atoms with Gasteiger partial charge in [0.2, 0.25) is 0 Å². The van der Waals surface area contributed by atoms with Crippen LogP contribution in [0.3, 0.4) is 0 Å². The van der Waals surface area contributed by atoms with Gasteiger partial charge in [-0.3, -0.25) is 9.89 Å². The quantitative estimate of drug-likeness (QED) is 0.645. The van der Waals surface area contributed by atoms with Crippen molar-refractivity contribution in [3.05, 3.63) is 65.9 Å². The number of nitrogens with zero attached hydrogens (tertiary/aromatic N) is 1. The first-order chi connectivity index (χ1) is 12.2. The second-order valence-corrected chi connectivity index (χ2v) is 5.52. The van der Waals surface area contributed by atoms with Crippen LogP contribution >= 0.6 is 0 Å². The Morgan fingerprint density at radius 1 is 1.16 bits per heavy atom. The summed E-state index contributed by atoms with van der Waals surface area (Å²) in [5.74, 6) is 0.504. The minimum Gasteiger partial charge on any atom is -0.497 e. The van der Waals surface area contributed by atoms with E-state index in [1.165, 1.54) is 0 Å². The molecule has 6 heteroatoms. The van der Waals surface area contributed by atoms with Crippen LogP contribution in [-0.2, 0) is 6.42 Å². The molecule has 2 aromatic carbocycles. The second-order valence-electron chi connectivity index (χ2n) is 5.52. The zero-order valence-corrected chi connectivity index (χ0v) is 13.8. The standard InChI is InChI=1S/C19H19N3O3/c1-25-16-8-4-14(5-9-16)17-12-18(22-21-17)19(24)20-15-6-2-13(3-7-15)10-11-23/h2-9,12,23H,10-11H2,1H3,(H,20,24)(H,21,22). The summed E-state index contributed by atoms with van der Waals surface area (Å²) >= 11 is 0. The lowest BCUT2D eigenvalue weighted by Gasteiger charge is -2.04. The Morgan fingerprint density at radius 2 is 1.88 bits per heavy atom. The van der Waals surface area contributed by atoms with E-state index in [9.17, 15) is 4.79 Å². The summed E-state index contributed by atoms with van der Waals surface area (Å²) in [6.07, 6.45) is 0.597. The lowest BCUT2D eigenvalue weighted by molar-refractivity contribution is 0.102. The molecule has 0 saturated heterocycles. The summed E-state index contributed by atoms with van der Waals surface area (Å²) in [6.45, 7) is 0.105. The maximum atomic E-state index is 12.3. The average Bonchev–Trinajstić information content (AvgIpc) is 3.14. The Bertz CT molecular complexity index is 839. The molecule has 0 radical (unpaired) electrons. The number of benzene rings is 2. The normalized spacial score (nSPS) is 10.5. The summed E-state index contributed by atoms with van der Waals surface area (Å²) in [4.78, 5) is 12.3. The fourth-order valence-electron chi connectivity index (χ4n) is 2.43. The first-order valence-electron chi connectivity index (χ1n) is 7.90. The molecule has 3 aromatic rings. The number of aliphatic hydroxyl groups excluding tert-OH is 1. The third-order valence-electron chi connectivity index (χ3n) is 3.82. The zero-order valence-electron chi connectivity index (χ0n) is 13.8. The molecule has 0 bridgehead atoms. The van der Waals surface area contributed by atoms with Crippen molar-refractivity contribution >= 4 is 11.6 Å². The lowest BCUT2D eigenvalue weighted by Crippen LogP contribution is -2.12. The number of aromatic nitrogens is 2. The highest BCUT2D eigenvalue weighted by Crippen LogP contribution is 2.21. The van der Waals surface area contributed by atoms with Gasteiger partial charge >= 0.3 is 0 Å². The van der Waals surface area contributed by atoms with Crippen LogP contribution < -0.4 is 10.1 Å². The van der Waals surface area contributed by atoms with Gasteiger partial charge in [-0.15, -0.1) is 0 Å². The number of aliphatic hydroxyl groups is 1. The Labute approximate surface area is 145 Å². The minimum absolute atomic E-state index is 0.105. The molecular formula is C19H19N3O3. The molecule has 128 valence electrons. The van der Waals surface area contributed by atoms with E-state index in [4.69, 9.17) is 9.84 Å². The van der Waals surface area contributed by atoms with E-state index in [0.717, 1.165) is 16.9 Å². The number of rotatable bonds is 6. The van der Waals surface area contributed by atoms with Gasteiger partial charge in [-0.2, -0.15) is 5.10 Å². The molecule has 6 nitrogen and oxygen atoms in total. The first-order valence-corrected chi connectivity index (χ1v) is 7.90. The van der Waals surface area contributed by atoms with Gasteiger partial charge in [0.05, 0.1) is 12.8 Å². The molecule has 25 heavy (non-hydrogen) atoms. The van der Waals surface area contributed by atoms with Crippen LogP contribution in [0.25, 0.3) is 11.3 Å². The number of amides is 1. The highest BCUT2D eigenvalue weighted by Gasteiger charge is 2.11. The molecule has 0 saturated carbocycles. The number of carbonyl (C=O) groups excluding carboxylic acids is 1. The number of methoxy groups -OCH3 is 1. The van der Waals surface area contributed by atoms with E-state index in [2.05, 4.69) is 15.5 Å². The number of aromatic amines is 1. The molecule has 0 spiro atoms. The van der Waals surface area contributed by atoms with Crippen molar-refractivity contribution in [1.82, 2.24) is 10.2 Å². The number of carbonyl (C=O) groups is 1. The first kappa shape index (κ1) is 16.7. The predicted molar refractivity (Wildman–Crippen MR) is 95.8 cm³/mol. The Kier molecular flexibility index (Phi) is 5.11. The Hall–Kier alpha value is -3.12. The Balaban J connectivity index is 1.69. The molecular weight excluding hydrogens is 318 g/mol. The molecule has 0 unspecified atom stereocenters. The summed E-state index contributed by atoms with van der Waals surface area (Å²) in [5, 5.41) is 18.7. The van der Waals surface area contributed by atoms with Gasteiger partial charge in [0.15, 0.2) is 0 Å². The van der Waals surface area contributed by atoms with Gasteiger partial charge in [-0.05, 0) is 54.4 Å². The minimum atomic E-state index is -0.262. The maximum Gasteiger partial charge on any atom is 0.273 e. The molecule has 3 rings (SSSR count). The summed E-state index contributed by atoms with van der Waals surface area (Å²) < 4.78 is 5.13. The fourth-order valence-corrected chi connectivity index (χ4v) is 2.43. The zero-order chi connectivity index (χ0) is 17.6. The van der Waals surface area contributed by atoms with E-state index in [1.807, 2.05) is 48.5 Å². The van der Waals surface area contributed by atoms with Crippen LogP contribution in [0.5, 0.6) is 5.75 Å². The largest absolute Gasteiger partial charge is 0.497 e. The summed E-state index contributed by atoms with van der Waals surface area (Å²) in [7, 11) is 1.61. The summed E-state index contributed by atoms with van der Waals surface area (Å²) in [6, 6.07) is 16.5. The smallest absolute Gasteiger partial charge is 0.273 e. The second kappa shape index (κ2) is 7.63. The van der Waals surface area contributed by atoms with Crippen molar-refractivity contribution in [2.24, 2.45) is 0 Å². The molecule has 3 N–H and O–H groups in total. The van der Waals surface area contributed by atoms with E-state index in [-0.39, 0.29) is 12.5 Å². The number of nitrogens with one attached hydrogen (secondary N) is 2. The topological polar surface area (TPSA) is 87.2 Å². The van der Waals surface area contributed by atoms with Crippen LogP contribution in [-0.4, -0.2) is 34.9 Å². The van der Waals surface area contributed by atoms with Gasteiger partial charge in [0, 0.05) is 17.9 Å². The third-order valence-corrected chi connectivity index (χ3v) is 3.82. The van der Waals surface area contributed by atoms with Gasteiger partial charge in [0.25, 0.3) is 5.91 Å². The highest BCUT2D eigenvalue weighted by atomic mass is 16.5. The Morgan fingerprint density at radius 3 is 2.52 bits per heavy atom. The van der Waals surface area contributed by atoms with Crippen LogP contribution in [0.2, 0.25) is 0 Å². The van der Waals surface area contributed by atoms with Crippen molar-refractivity contribution < 1.29 is 14.6 Å². The molecule has 1 aromatic heterocycles. The van der Waals surface area contributed by atoms with Crippen molar-refractivity contribution in [3.8, 4) is 17.0 Å². The number of H-pyrrole nitrogens is 1. The van der Waals surface area contributed by atoms with Crippen LogP contribution in [0, 0.1) is 0 Å². The van der Waals surface area contributed by atoms with Crippen molar-refractivity contribution in [3.63, 3.8) is 0 Å². The van der Waals surface area contributed by atoms with Crippen LogP contribution in [0.4, 0.5) is 5.69 Å². The number of hydrogen-bond donors (Lipinski definition) is 3. The van der Waals surface area contributed by atoms with Crippen molar-refractivity contribution in [1.29, 1.82) is 0 Å². The fraction of sp³-hybridized carbons (Fsp3) is 0.158. The number of anilines is 1. The van der Waals surface area contributed by atoms with E-state index < -0.39 is 0 Å². The number of hydrogen-bond acceptors (Lipinski definition) is 4. The van der Waals surface area contributed by atoms with E-state index in [1.54, 1.807) is 13.2 Å². The molecule has 0 aliphatic carbocycles. The monoisotopic (exact) mass is 337 g/mol. The van der Waals surface area contributed by atoms with Crippen molar-refractivity contribution in [2.45, 2.75) is 6.42 Å². The van der Waals surface area contributed by atoms with Crippen LogP contribution in [0.1, 0.15) is 16.1 Å². The predicted octanol–water partition coefficient (Wildman–Crippen LogP) is 2.87. The number of ether oxygens (including phenoxy) is 1. The van der Waals surface area contributed by atoms with Gasteiger partial charge in [-0.25, -0.2) is 0 Å². The maximum absolute atomic E-state index is 12.3. The highest BCUT2D eigenvalue weighted by molar-refractivity contribution is 6.03. The molecule has 1 heterocycles. The van der Waals surface area contributed by atoms with E-state index in [0.29, 0.717) is 23.5 Å². The van der Waals surface area contributed by atoms with Gasteiger partial charge in [0.1, 0.15) is 11.4 Å². The molecule has 0 aliphatic heterocycles. The molecule has 0 aliphatic rings. The SMILES string of the molecule is COc1ccc(-c2cc(C(=O)Nc3ccc(CCO)cc3)[nH]n2)cc1.